The number of ketones is 1. The Kier molecular flexibility index (Phi) is 6.69. The molecule has 0 saturated heterocycles. The first kappa shape index (κ1) is 14.9. The molecule has 0 aromatic rings. The number of Topliss-reactive ketones (excluding diaryl/α,β-unsaturated/α-hetero) is 1. The van der Waals surface area contributed by atoms with Crippen LogP contribution in [-0.2, 0) is 14.3 Å². The van der Waals surface area contributed by atoms with E-state index in [0.29, 0.717) is 24.9 Å². The number of esters is 1. The summed E-state index contributed by atoms with van der Waals surface area (Å²) in [6.07, 6.45) is 9.91. The average Bonchev–Trinajstić information content (AvgIpc) is 2.35. The Bertz CT molecular complexity index is 307. The Hall–Kier alpha value is -1.12. The third-order valence-electron chi connectivity index (χ3n) is 3.60. The highest BCUT2D eigenvalue weighted by Gasteiger charge is 2.23. The fourth-order valence-corrected chi connectivity index (χ4v) is 2.63. The Balaban J connectivity index is 2.48. The van der Waals surface area contributed by atoms with Crippen LogP contribution in [-0.4, -0.2) is 18.4 Å². The second-order valence-electron chi connectivity index (χ2n) is 5.06. The second-order valence-corrected chi connectivity index (χ2v) is 5.06. The van der Waals surface area contributed by atoms with E-state index in [-0.39, 0.29) is 11.8 Å². The Morgan fingerprint density at radius 3 is 2.67 bits per heavy atom. The number of carbonyl (C=O) groups excluding carboxylic acids is 2. The minimum Gasteiger partial charge on any atom is -0.463 e. The van der Waals surface area contributed by atoms with Crippen LogP contribution in [0.25, 0.3) is 0 Å². The molecule has 1 rings (SSSR count). The topological polar surface area (TPSA) is 43.4 Å². The lowest BCUT2D eigenvalue weighted by atomic mass is 9.76. The standard InChI is InChI=1S/C15H24O3/c1-3-18-15(17)11-10-14-7-5-4-6-13(14)9-8-12(2)16/h10-11,13-14H,3-9H2,1-2H3/b11-10+/t13-,14-/m0/s1. The van der Waals surface area contributed by atoms with Gasteiger partial charge < -0.3 is 9.53 Å². The molecule has 3 heteroatoms. The van der Waals surface area contributed by atoms with E-state index in [2.05, 4.69) is 0 Å². The highest BCUT2D eigenvalue weighted by Crippen LogP contribution is 2.34. The number of ether oxygens (including phenoxy) is 1. The Labute approximate surface area is 110 Å². The van der Waals surface area contributed by atoms with E-state index in [4.69, 9.17) is 4.74 Å². The van der Waals surface area contributed by atoms with Gasteiger partial charge in [0, 0.05) is 12.5 Å². The summed E-state index contributed by atoms with van der Waals surface area (Å²) < 4.78 is 4.89. The van der Waals surface area contributed by atoms with Gasteiger partial charge in [-0.15, -0.1) is 0 Å². The lowest BCUT2D eigenvalue weighted by Gasteiger charge is -2.29. The largest absolute Gasteiger partial charge is 0.463 e. The summed E-state index contributed by atoms with van der Waals surface area (Å²) in [6, 6.07) is 0. The minimum atomic E-state index is -0.256. The summed E-state index contributed by atoms with van der Waals surface area (Å²) in [5.74, 6) is 0.984. The summed E-state index contributed by atoms with van der Waals surface area (Å²) in [5.41, 5.74) is 0. The van der Waals surface area contributed by atoms with Gasteiger partial charge in [0.25, 0.3) is 0 Å². The molecular weight excluding hydrogens is 228 g/mol. The highest BCUT2D eigenvalue weighted by atomic mass is 16.5. The highest BCUT2D eigenvalue weighted by molar-refractivity contribution is 5.81. The van der Waals surface area contributed by atoms with E-state index in [0.717, 1.165) is 12.8 Å². The molecule has 0 aromatic heterocycles. The first-order valence-electron chi connectivity index (χ1n) is 6.98. The van der Waals surface area contributed by atoms with Crippen molar-refractivity contribution in [3.05, 3.63) is 12.2 Å². The number of rotatable bonds is 6. The predicted octanol–water partition coefficient (Wildman–Crippen LogP) is 3.28. The zero-order valence-electron chi connectivity index (χ0n) is 11.5. The van der Waals surface area contributed by atoms with Gasteiger partial charge in [-0.25, -0.2) is 4.79 Å². The second kappa shape index (κ2) is 8.06. The van der Waals surface area contributed by atoms with Crippen LogP contribution < -0.4 is 0 Å². The van der Waals surface area contributed by atoms with Gasteiger partial charge in [0.05, 0.1) is 6.61 Å². The van der Waals surface area contributed by atoms with Crippen molar-refractivity contribution in [1.29, 1.82) is 0 Å². The Morgan fingerprint density at radius 2 is 2.00 bits per heavy atom. The Morgan fingerprint density at radius 1 is 1.28 bits per heavy atom. The number of hydrogen-bond donors (Lipinski definition) is 0. The molecule has 3 nitrogen and oxygen atoms in total. The first-order chi connectivity index (χ1) is 8.63. The third kappa shape index (κ3) is 5.48. The SMILES string of the molecule is CCOC(=O)/C=C/[C@@H]1CCCC[C@H]1CCC(C)=O. The lowest BCUT2D eigenvalue weighted by molar-refractivity contribution is -0.137. The maximum absolute atomic E-state index is 11.3. The molecule has 0 spiro atoms. The van der Waals surface area contributed by atoms with Crippen molar-refractivity contribution >= 4 is 11.8 Å². The van der Waals surface area contributed by atoms with Crippen LogP contribution in [0.5, 0.6) is 0 Å². The van der Waals surface area contributed by atoms with Crippen molar-refractivity contribution in [2.24, 2.45) is 11.8 Å². The normalized spacial score (nSPS) is 24.1. The van der Waals surface area contributed by atoms with Gasteiger partial charge in [-0.1, -0.05) is 18.9 Å². The van der Waals surface area contributed by atoms with E-state index in [1.165, 1.54) is 19.3 Å². The molecule has 2 atom stereocenters. The van der Waals surface area contributed by atoms with Gasteiger partial charge in [-0.3, -0.25) is 0 Å². The monoisotopic (exact) mass is 252 g/mol. The van der Waals surface area contributed by atoms with Crippen LogP contribution >= 0.6 is 0 Å². The van der Waals surface area contributed by atoms with E-state index < -0.39 is 0 Å². The van der Waals surface area contributed by atoms with Gasteiger partial charge in [-0.05, 0) is 44.9 Å². The molecule has 1 aliphatic rings. The summed E-state index contributed by atoms with van der Waals surface area (Å²) in [5, 5.41) is 0. The van der Waals surface area contributed by atoms with Crippen molar-refractivity contribution < 1.29 is 14.3 Å². The molecule has 18 heavy (non-hydrogen) atoms. The predicted molar refractivity (Wildman–Crippen MR) is 71.1 cm³/mol. The summed E-state index contributed by atoms with van der Waals surface area (Å²) in [7, 11) is 0. The molecular formula is C15H24O3. The van der Waals surface area contributed by atoms with Gasteiger partial charge >= 0.3 is 5.97 Å². The smallest absolute Gasteiger partial charge is 0.330 e. The van der Waals surface area contributed by atoms with E-state index >= 15 is 0 Å². The molecule has 0 aliphatic heterocycles. The van der Waals surface area contributed by atoms with E-state index in [1.807, 2.05) is 13.0 Å². The van der Waals surface area contributed by atoms with Gasteiger partial charge in [0.1, 0.15) is 5.78 Å². The van der Waals surface area contributed by atoms with Gasteiger partial charge in [-0.2, -0.15) is 0 Å². The first-order valence-corrected chi connectivity index (χ1v) is 6.98. The zero-order valence-corrected chi connectivity index (χ0v) is 11.5. The molecule has 102 valence electrons. The molecule has 1 fully saturated rings. The van der Waals surface area contributed by atoms with Crippen LogP contribution in [0.3, 0.4) is 0 Å². The quantitative estimate of drug-likeness (QED) is 0.538. The molecule has 0 N–H and O–H groups in total. The third-order valence-corrected chi connectivity index (χ3v) is 3.60. The van der Waals surface area contributed by atoms with Crippen molar-refractivity contribution in [1.82, 2.24) is 0 Å². The minimum absolute atomic E-state index is 0.256. The van der Waals surface area contributed by atoms with Crippen molar-refractivity contribution in [2.45, 2.75) is 52.4 Å². The maximum Gasteiger partial charge on any atom is 0.330 e. The summed E-state index contributed by atoms with van der Waals surface area (Å²) in [4.78, 5) is 22.3. The van der Waals surface area contributed by atoms with Crippen molar-refractivity contribution in [3.63, 3.8) is 0 Å². The molecule has 0 unspecified atom stereocenters. The van der Waals surface area contributed by atoms with Crippen LogP contribution in [0.15, 0.2) is 12.2 Å². The van der Waals surface area contributed by atoms with E-state index in [9.17, 15) is 9.59 Å². The fraction of sp³-hybridized carbons (Fsp3) is 0.733. The summed E-state index contributed by atoms with van der Waals surface area (Å²) in [6.45, 7) is 3.87. The van der Waals surface area contributed by atoms with E-state index in [1.54, 1.807) is 13.0 Å². The van der Waals surface area contributed by atoms with Crippen LogP contribution in [0, 0.1) is 11.8 Å². The van der Waals surface area contributed by atoms with Crippen LogP contribution in [0.1, 0.15) is 52.4 Å². The van der Waals surface area contributed by atoms with Crippen LogP contribution in [0.4, 0.5) is 0 Å². The number of hydrogen-bond acceptors (Lipinski definition) is 3. The fourth-order valence-electron chi connectivity index (χ4n) is 2.63. The molecule has 0 bridgehead atoms. The van der Waals surface area contributed by atoms with Crippen molar-refractivity contribution in [3.8, 4) is 0 Å². The zero-order chi connectivity index (χ0) is 13.4. The number of carbonyl (C=O) groups is 2. The molecule has 0 amide bonds. The lowest BCUT2D eigenvalue weighted by Crippen LogP contribution is -2.19. The maximum atomic E-state index is 11.3. The molecule has 1 saturated carbocycles. The molecule has 0 heterocycles. The summed E-state index contributed by atoms with van der Waals surface area (Å²) >= 11 is 0. The molecule has 0 aromatic carbocycles. The van der Waals surface area contributed by atoms with Gasteiger partial charge in [0.15, 0.2) is 0 Å². The van der Waals surface area contributed by atoms with Gasteiger partial charge in [0.2, 0.25) is 0 Å². The van der Waals surface area contributed by atoms with Crippen LogP contribution in [0.2, 0.25) is 0 Å². The molecule has 0 radical (unpaired) electrons. The molecule has 1 aliphatic carbocycles. The average molecular weight is 252 g/mol. The van der Waals surface area contributed by atoms with Crippen molar-refractivity contribution in [2.75, 3.05) is 6.61 Å². The number of allylic oxidation sites excluding steroid dienone is 1.